The number of fused-ring (bicyclic) bond motifs is 1. The Kier molecular flexibility index (Phi) is 5.65. The molecule has 1 heterocycles. The lowest BCUT2D eigenvalue weighted by Crippen LogP contribution is -2.37. The van der Waals surface area contributed by atoms with Crippen LogP contribution in [0.25, 0.3) is 0 Å². The quantitative estimate of drug-likeness (QED) is 0.206. The van der Waals surface area contributed by atoms with Crippen molar-refractivity contribution >= 4 is 11.6 Å². The molecule has 0 spiro atoms. The predicted molar refractivity (Wildman–Crippen MR) is 144 cm³/mol. The number of nitrogens with zero attached hydrogens (tertiary/aromatic N) is 2. The summed E-state index contributed by atoms with van der Waals surface area (Å²) in [4.78, 5) is 31.8. The molecule has 0 amide bonds. The first kappa shape index (κ1) is 22.9. The summed E-state index contributed by atoms with van der Waals surface area (Å²) >= 11 is 0. The van der Waals surface area contributed by atoms with Crippen molar-refractivity contribution in [3.8, 4) is 0 Å². The zero-order valence-corrected chi connectivity index (χ0v) is 20.5. The predicted octanol–water partition coefficient (Wildman–Crippen LogP) is 6.45. The minimum atomic E-state index is -0.927. The third-order valence-electron chi connectivity index (χ3n) is 7.43. The van der Waals surface area contributed by atoms with Crippen molar-refractivity contribution in [3.05, 3.63) is 161 Å². The number of hydrogen-bond donors (Lipinski definition) is 0. The van der Waals surface area contributed by atoms with E-state index in [4.69, 9.17) is 4.98 Å². The van der Waals surface area contributed by atoms with E-state index in [1.54, 1.807) is 12.4 Å². The molecule has 0 aliphatic heterocycles. The number of carbonyl (C=O) groups is 2. The lowest BCUT2D eigenvalue weighted by molar-refractivity contribution is 0.0888. The second-order valence-corrected chi connectivity index (χ2v) is 9.37. The summed E-state index contributed by atoms with van der Waals surface area (Å²) in [5.74, 6) is -1.26. The highest BCUT2D eigenvalue weighted by Gasteiger charge is 2.44. The third-order valence-corrected chi connectivity index (χ3v) is 7.43. The second-order valence-electron chi connectivity index (χ2n) is 9.37. The van der Waals surface area contributed by atoms with Gasteiger partial charge in [0.2, 0.25) is 0 Å². The van der Waals surface area contributed by atoms with E-state index in [-0.39, 0.29) is 11.6 Å². The van der Waals surface area contributed by atoms with Crippen LogP contribution in [0.15, 0.2) is 122 Å². The third kappa shape index (κ3) is 3.48. The molecule has 0 radical (unpaired) electrons. The van der Waals surface area contributed by atoms with Crippen LogP contribution in [0.5, 0.6) is 0 Å². The molecule has 180 valence electrons. The molecule has 0 fully saturated rings. The first-order chi connectivity index (χ1) is 18.2. The summed E-state index contributed by atoms with van der Waals surface area (Å²) in [7, 11) is 0. The van der Waals surface area contributed by atoms with Gasteiger partial charge in [0.05, 0.1) is 12.0 Å². The number of rotatable bonds is 6. The summed E-state index contributed by atoms with van der Waals surface area (Å²) in [6.07, 6.45) is 4.33. The van der Waals surface area contributed by atoms with Crippen molar-refractivity contribution in [2.75, 3.05) is 0 Å². The van der Waals surface area contributed by atoms with Crippen LogP contribution in [0.1, 0.15) is 61.5 Å². The SMILES string of the molecule is CCc1cccc2c1C(=O)C(c1cn(C(c3ccccc3)(c3ccccc3)c3ccccc3)cn1)C2=O. The van der Waals surface area contributed by atoms with Crippen LogP contribution in [0.4, 0.5) is 0 Å². The molecule has 4 aromatic carbocycles. The monoisotopic (exact) mass is 482 g/mol. The molecule has 1 aromatic heterocycles. The summed E-state index contributed by atoms with van der Waals surface area (Å²) in [5.41, 5.74) is 4.84. The largest absolute Gasteiger partial charge is 0.319 e. The van der Waals surface area contributed by atoms with Gasteiger partial charge in [-0.15, -0.1) is 0 Å². The van der Waals surface area contributed by atoms with Gasteiger partial charge in [0.15, 0.2) is 11.6 Å². The Morgan fingerprint density at radius 2 is 1.24 bits per heavy atom. The molecular formula is C33H26N2O2. The molecule has 0 saturated carbocycles. The van der Waals surface area contributed by atoms with Gasteiger partial charge in [0.25, 0.3) is 0 Å². The van der Waals surface area contributed by atoms with Crippen LogP contribution in [0, 0.1) is 0 Å². The van der Waals surface area contributed by atoms with E-state index >= 15 is 0 Å². The number of carbonyl (C=O) groups excluding carboxylic acids is 2. The lowest BCUT2D eigenvalue weighted by Gasteiger charge is -2.37. The number of hydrogen-bond acceptors (Lipinski definition) is 3. The fourth-order valence-electron chi connectivity index (χ4n) is 5.73. The van der Waals surface area contributed by atoms with E-state index in [0.717, 1.165) is 22.3 Å². The van der Waals surface area contributed by atoms with Gasteiger partial charge >= 0.3 is 0 Å². The molecule has 37 heavy (non-hydrogen) atoms. The van der Waals surface area contributed by atoms with E-state index < -0.39 is 11.5 Å². The normalized spacial score (nSPS) is 15.1. The number of Topliss-reactive ketones (excluding diaryl/α,β-unsaturated/α-hetero) is 2. The molecule has 1 atom stereocenters. The molecule has 0 saturated heterocycles. The van der Waals surface area contributed by atoms with Gasteiger partial charge in [-0.05, 0) is 28.7 Å². The summed E-state index contributed by atoms with van der Waals surface area (Å²) in [6.45, 7) is 2.00. The topological polar surface area (TPSA) is 52.0 Å². The van der Waals surface area contributed by atoms with Crippen molar-refractivity contribution in [2.45, 2.75) is 24.8 Å². The van der Waals surface area contributed by atoms with Crippen LogP contribution < -0.4 is 0 Å². The minimum absolute atomic E-state index is 0.160. The van der Waals surface area contributed by atoms with Gasteiger partial charge < -0.3 is 4.57 Å². The summed E-state index contributed by atoms with van der Waals surface area (Å²) < 4.78 is 2.05. The maximum absolute atomic E-state index is 13.6. The first-order valence-electron chi connectivity index (χ1n) is 12.6. The van der Waals surface area contributed by atoms with Gasteiger partial charge in [-0.25, -0.2) is 4.98 Å². The Hall–Kier alpha value is -4.57. The maximum atomic E-state index is 13.6. The van der Waals surface area contributed by atoms with E-state index in [1.165, 1.54) is 0 Å². The van der Waals surface area contributed by atoms with Crippen molar-refractivity contribution in [1.29, 1.82) is 0 Å². The fourth-order valence-corrected chi connectivity index (χ4v) is 5.73. The van der Waals surface area contributed by atoms with E-state index in [2.05, 4.69) is 36.4 Å². The lowest BCUT2D eigenvalue weighted by atomic mass is 9.76. The Balaban J connectivity index is 1.57. The molecule has 4 heteroatoms. The van der Waals surface area contributed by atoms with Crippen LogP contribution in [0.3, 0.4) is 0 Å². The number of benzene rings is 4. The summed E-state index contributed by atoms with van der Waals surface area (Å²) in [5, 5.41) is 0. The fraction of sp³-hybridized carbons (Fsp3) is 0.121. The highest BCUT2D eigenvalue weighted by atomic mass is 16.2. The minimum Gasteiger partial charge on any atom is -0.319 e. The molecule has 4 nitrogen and oxygen atoms in total. The van der Waals surface area contributed by atoms with E-state index in [9.17, 15) is 9.59 Å². The van der Waals surface area contributed by atoms with Gasteiger partial charge in [0, 0.05) is 17.3 Å². The van der Waals surface area contributed by atoms with Crippen LogP contribution in [-0.4, -0.2) is 21.1 Å². The van der Waals surface area contributed by atoms with Crippen molar-refractivity contribution < 1.29 is 9.59 Å². The van der Waals surface area contributed by atoms with Gasteiger partial charge in [-0.2, -0.15) is 0 Å². The van der Waals surface area contributed by atoms with Gasteiger partial charge in [0.1, 0.15) is 11.5 Å². The number of imidazole rings is 1. The second kappa shape index (κ2) is 9.14. The van der Waals surface area contributed by atoms with Crippen molar-refractivity contribution in [2.24, 2.45) is 0 Å². The average Bonchev–Trinajstić information content (AvgIpc) is 3.53. The number of aromatic nitrogens is 2. The summed E-state index contributed by atoms with van der Waals surface area (Å²) in [6, 6.07) is 36.4. The zero-order chi connectivity index (χ0) is 25.4. The molecule has 1 aliphatic rings. The molecule has 1 unspecified atom stereocenters. The molecule has 1 aliphatic carbocycles. The van der Waals surface area contributed by atoms with Crippen molar-refractivity contribution in [3.63, 3.8) is 0 Å². The number of aryl methyl sites for hydroxylation is 1. The van der Waals surface area contributed by atoms with Gasteiger partial charge in [-0.3, -0.25) is 9.59 Å². The maximum Gasteiger partial charge on any atom is 0.180 e. The number of ketones is 2. The van der Waals surface area contributed by atoms with Crippen LogP contribution >= 0.6 is 0 Å². The highest BCUT2D eigenvalue weighted by Crippen LogP contribution is 2.42. The zero-order valence-electron chi connectivity index (χ0n) is 20.5. The molecule has 5 aromatic rings. The van der Waals surface area contributed by atoms with Crippen LogP contribution in [-0.2, 0) is 12.0 Å². The molecule has 0 N–H and O–H groups in total. The Morgan fingerprint density at radius 1 is 0.703 bits per heavy atom. The van der Waals surface area contributed by atoms with Gasteiger partial charge in [-0.1, -0.05) is 116 Å². The molecule has 0 bridgehead atoms. The Morgan fingerprint density at radius 3 is 1.76 bits per heavy atom. The van der Waals surface area contributed by atoms with E-state index in [0.29, 0.717) is 23.2 Å². The Bertz CT molecular complexity index is 1490. The smallest absolute Gasteiger partial charge is 0.180 e. The van der Waals surface area contributed by atoms with Crippen LogP contribution in [0.2, 0.25) is 0 Å². The molecular weight excluding hydrogens is 456 g/mol. The standard InChI is InChI=1S/C33H26N2O2/c1-2-23-13-12-20-27-29(23)32(37)30(31(27)36)28-21-35(22-34-28)33(24-14-6-3-7-15-24,25-16-8-4-9-17-25)26-18-10-5-11-19-26/h3-22,30H,2H2,1H3. The van der Waals surface area contributed by atoms with Crippen molar-refractivity contribution in [1.82, 2.24) is 9.55 Å². The average molecular weight is 483 g/mol. The molecule has 6 rings (SSSR count). The highest BCUT2D eigenvalue weighted by molar-refractivity contribution is 6.30. The van der Waals surface area contributed by atoms with E-state index in [1.807, 2.05) is 84.4 Å². The Labute approximate surface area is 216 Å². The first-order valence-corrected chi connectivity index (χ1v) is 12.6.